The Morgan fingerprint density at radius 1 is 1.13 bits per heavy atom. The standard InChI is InChI=1S/C18H16N2O2S/c1-12-16(14-5-3-2-4-6-14)19-18(23-12)20-17(22)15-9-7-13(11-21)8-10-15/h2-10,21H,11H2,1H3,(H,19,20,22). The van der Waals surface area contributed by atoms with Crippen LogP contribution in [0.3, 0.4) is 0 Å². The molecule has 2 N–H and O–H groups in total. The van der Waals surface area contributed by atoms with Gasteiger partial charge in [-0.3, -0.25) is 10.1 Å². The summed E-state index contributed by atoms with van der Waals surface area (Å²) in [5, 5.41) is 12.4. The first kappa shape index (κ1) is 15.4. The first-order valence-electron chi connectivity index (χ1n) is 7.21. The molecule has 3 rings (SSSR count). The third-order valence-electron chi connectivity index (χ3n) is 3.46. The number of amides is 1. The smallest absolute Gasteiger partial charge is 0.257 e. The summed E-state index contributed by atoms with van der Waals surface area (Å²) in [7, 11) is 0. The maximum absolute atomic E-state index is 12.3. The average Bonchev–Trinajstić information content (AvgIpc) is 2.96. The molecule has 1 heterocycles. The van der Waals surface area contributed by atoms with Crippen molar-refractivity contribution in [3.63, 3.8) is 0 Å². The van der Waals surface area contributed by atoms with E-state index in [1.165, 1.54) is 11.3 Å². The van der Waals surface area contributed by atoms with Crippen LogP contribution in [0.15, 0.2) is 54.6 Å². The molecule has 1 amide bonds. The molecule has 0 spiro atoms. The maximum atomic E-state index is 12.3. The van der Waals surface area contributed by atoms with E-state index in [0.717, 1.165) is 21.7 Å². The van der Waals surface area contributed by atoms with Crippen molar-refractivity contribution in [3.8, 4) is 11.3 Å². The number of hydrogen-bond donors (Lipinski definition) is 2. The molecule has 0 aliphatic heterocycles. The number of aliphatic hydroxyl groups is 1. The Balaban J connectivity index is 1.79. The van der Waals surface area contributed by atoms with Crippen LogP contribution in [0.25, 0.3) is 11.3 Å². The van der Waals surface area contributed by atoms with E-state index in [-0.39, 0.29) is 12.5 Å². The lowest BCUT2D eigenvalue weighted by atomic mass is 10.1. The van der Waals surface area contributed by atoms with E-state index in [9.17, 15) is 4.79 Å². The molecule has 0 aliphatic carbocycles. The van der Waals surface area contributed by atoms with E-state index in [1.807, 2.05) is 37.3 Å². The summed E-state index contributed by atoms with van der Waals surface area (Å²) in [5.41, 5.74) is 3.24. The Morgan fingerprint density at radius 2 is 1.83 bits per heavy atom. The predicted octanol–water partition coefficient (Wildman–Crippen LogP) is 3.86. The zero-order chi connectivity index (χ0) is 16.2. The molecule has 0 radical (unpaired) electrons. The topological polar surface area (TPSA) is 62.2 Å². The zero-order valence-corrected chi connectivity index (χ0v) is 13.4. The highest BCUT2D eigenvalue weighted by Crippen LogP contribution is 2.30. The second-order valence-corrected chi connectivity index (χ2v) is 6.30. The van der Waals surface area contributed by atoms with Crippen LogP contribution in [-0.2, 0) is 6.61 Å². The van der Waals surface area contributed by atoms with Crippen molar-refractivity contribution in [3.05, 3.63) is 70.6 Å². The van der Waals surface area contributed by atoms with Gasteiger partial charge in [0.25, 0.3) is 5.91 Å². The third-order valence-corrected chi connectivity index (χ3v) is 4.35. The molecule has 0 bridgehead atoms. The fourth-order valence-corrected chi connectivity index (χ4v) is 3.08. The van der Waals surface area contributed by atoms with Crippen molar-refractivity contribution >= 4 is 22.4 Å². The minimum Gasteiger partial charge on any atom is -0.392 e. The van der Waals surface area contributed by atoms with E-state index in [1.54, 1.807) is 24.3 Å². The summed E-state index contributed by atoms with van der Waals surface area (Å²) in [5.74, 6) is -0.206. The summed E-state index contributed by atoms with van der Waals surface area (Å²) < 4.78 is 0. The Bertz CT molecular complexity index is 811. The van der Waals surface area contributed by atoms with Gasteiger partial charge < -0.3 is 5.11 Å². The molecular formula is C18H16N2O2S. The van der Waals surface area contributed by atoms with E-state index >= 15 is 0 Å². The first-order valence-corrected chi connectivity index (χ1v) is 8.03. The number of aliphatic hydroxyl groups excluding tert-OH is 1. The Hall–Kier alpha value is -2.50. The van der Waals surface area contributed by atoms with Gasteiger partial charge in [-0.05, 0) is 24.6 Å². The van der Waals surface area contributed by atoms with Crippen molar-refractivity contribution in [1.82, 2.24) is 4.98 Å². The first-order chi connectivity index (χ1) is 11.2. The molecule has 0 saturated carbocycles. The van der Waals surface area contributed by atoms with Crippen LogP contribution < -0.4 is 5.32 Å². The zero-order valence-electron chi connectivity index (χ0n) is 12.6. The van der Waals surface area contributed by atoms with Crippen molar-refractivity contribution < 1.29 is 9.90 Å². The number of hydrogen-bond acceptors (Lipinski definition) is 4. The van der Waals surface area contributed by atoms with Crippen molar-refractivity contribution in [2.24, 2.45) is 0 Å². The number of rotatable bonds is 4. The summed E-state index contributed by atoms with van der Waals surface area (Å²) in [6.45, 7) is 1.96. The number of aromatic nitrogens is 1. The van der Waals surface area contributed by atoms with Crippen molar-refractivity contribution in [2.45, 2.75) is 13.5 Å². The van der Waals surface area contributed by atoms with Gasteiger partial charge in [0.15, 0.2) is 5.13 Å². The molecule has 0 aliphatic rings. The number of carbonyl (C=O) groups excluding carboxylic acids is 1. The van der Waals surface area contributed by atoms with Gasteiger partial charge in [0.1, 0.15) is 0 Å². The summed E-state index contributed by atoms with van der Waals surface area (Å²) in [6, 6.07) is 16.8. The Kier molecular flexibility index (Phi) is 4.50. The minimum absolute atomic E-state index is 0.0337. The van der Waals surface area contributed by atoms with E-state index in [2.05, 4.69) is 10.3 Å². The fourth-order valence-electron chi connectivity index (χ4n) is 2.24. The lowest BCUT2D eigenvalue weighted by molar-refractivity contribution is 0.102. The van der Waals surface area contributed by atoms with Crippen molar-refractivity contribution in [2.75, 3.05) is 5.32 Å². The summed E-state index contributed by atoms with van der Waals surface area (Å²) in [4.78, 5) is 17.8. The predicted molar refractivity (Wildman–Crippen MR) is 92.6 cm³/mol. The summed E-state index contributed by atoms with van der Waals surface area (Å²) in [6.07, 6.45) is 0. The van der Waals surface area contributed by atoms with Crippen LogP contribution >= 0.6 is 11.3 Å². The second kappa shape index (κ2) is 6.73. The average molecular weight is 324 g/mol. The van der Waals surface area contributed by atoms with E-state index in [4.69, 9.17) is 5.11 Å². The monoisotopic (exact) mass is 324 g/mol. The quantitative estimate of drug-likeness (QED) is 0.766. The molecule has 1 aromatic heterocycles. The van der Waals surface area contributed by atoms with Crippen molar-refractivity contribution in [1.29, 1.82) is 0 Å². The minimum atomic E-state index is -0.206. The number of carbonyl (C=O) groups is 1. The number of nitrogens with zero attached hydrogens (tertiary/aromatic N) is 1. The largest absolute Gasteiger partial charge is 0.392 e. The maximum Gasteiger partial charge on any atom is 0.257 e. The third kappa shape index (κ3) is 3.47. The van der Waals surface area contributed by atoms with Crippen LogP contribution in [0.1, 0.15) is 20.8 Å². The van der Waals surface area contributed by atoms with Crippen LogP contribution in [0, 0.1) is 6.92 Å². The van der Waals surface area contributed by atoms with Crippen LogP contribution in [-0.4, -0.2) is 16.0 Å². The van der Waals surface area contributed by atoms with E-state index < -0.39 is 0 Å². The normalized spacial score (nSPS) is 10.5. The van der Waals surface area contributed by atoms with E-state index in [0.29, 0.717) is 10.7 Å². The second-order valence-electron chi connectivity index (χ2n) is 5.10. The highest BCUT2D eigenvalue weighted by Gasteiger charge is 2.13. The number of aryl methyl sites for hydroxylation is 1. The number of thiazole rings is 1. The highest BCUT2D eigenvalue weighted by molar-refractivity contribution is 7.16. The Labute approximate surface area is 138 Å². The SMILES string of the molecule is Cc1sc(NC(=O)c2ccc(CO)cc2)nc1-c1ccccc1. The summed E-state index contributed by atoms with van der Waals surface area (Å²) >= 11 is 1.46. The number of benzene rings is 2. The number of nitrogens with one attached hydrogen (secondary N) is 1. The van der Waals surface area contributed by atoms with Gasteiger partial charge in [-0.25, -0.2) is 4.98 Å². The molecular weight excluding hydrogens is 308 g/mol. The van der Waals surface area contributed by atoms with Crippen LogP contribution in [0.2, 0.25) is 0 Å². The molecule has 0 unspecified atom stereocenters. The molecule has 0 fully saturated rings. The van der Waals surface area contributed by atoms with Crippen LogP contribution in [0.5, 0.6) is 0 Å². The highest BCUT2D eigenvalue weighted by atomic mass is 32.1. The molecule has 0 atom stereocenters. The molecule has 4 nitrogen and oxygen atoms in total. The van der Waals surface area contributed by atoms with Crippen LogP contribution in [0.4, 0.5) is 5.13 Å². The lowest BCUT2D eigenvalue weighted by Gasteiger charge is -2.02. The molecule has 2 aromatic carbocycles. The molecule has 3 aromatic rings. The molecule has 5 heteroatoms. The Morgan fingerprint density at radius 3 is 2.48 bits per heavy atom. The van der Waals surface area contributed by atoms with Gasteiger partial charge in [0, 0.05) is 16.0 Å². The van der Waals surface area contributed by atoms with Gasteiger partial charge >= 0.3 is 0 Å². The van der Waals surface area contributed by atoms with Gasteiger partial charge in [0.05, 0.1) is 12.3 Å². The molecule has 116 valence electrons. The van der Waals surface area contributed by atoms with Gasteiger partial charge in [-0.2, -0.15) is 0 Å². The number of anilines is 1. The van der Waals surface area contributed by atoms with Gasteiger partial charge in [-0.1, -0.05) is 42.5 Å². The lowest BCUT2D eigenvalue weighted by Crippen LogP contribution is -2.11. The van der Waals surface area contributed by atoms with Gasteiger partial charge in [0.2, 0.25) is 0 Å². The molecule has 23 heavy (non-hydrogen) atoms. The van der Waals surface area contributed by atoms with Gasteiger partial charge in [-0.15, -0.1) is 11.3 Å². The molecule has 0 saturated heterocycles. The fraction of sp³-hybridized carbons (Fsp3) is 0.111.